The van der Waals surface area contributed by atoms with Crippen LogP contribution in [0.1, 0.15) is 16.9 Å². The first-order chi connectivity index (χ1) is 11.5. The Morgan fingerprint density at radius 1 is 1.42 bits per heavy atom. The van der Waals surface area contributed by atoms with Crippen LogP contribution in [-0.2, 0) is 16.2 Å². The van der Waals surface area contributed by atoms with Crippen LogP contribution in [0.5, 0.6) is 0 Å². The third-order valence-corrected chi connectivity index (χ3v) is 4.74. The van der Waals surface area contributed by atoms with Gasteiger partial charge in [-0.1, -0.05) is 35.0 Å². The van der Waals surface area contributed by atoms with Crippen LogP contribution in [0.3, 0.4) is 0 Å². The lowest BCUT2D eigenvalue weighted by atomic mass is 10.1. The number of benzene rings is 1. The summed E-state index contributed by atoms with van der Waals surface area (Å²) < 4.78 is 0.636. The smallest absolute Gasteiger partial charge is 0.274 e. The van der Waals surface area contributed by atoms with Crippen molar-refractivity contribution >= 4 is 40.2 Å². The maximum atomic E-state index is 12.2. The van der Waals surface area contributed by atoms with Crippen molar-refractivity contribution in [3.63, 3.8) is 0 Å². The molecule has 0 aliphatic carbocycles. The van der Waals surface area contributed by atoms with Gasteiger partial charge in [0.1, 0.15) is 5.71 Å². The lowest BCUT2D eigenvalue weighted by Crippen LogP contribution is -2.34. The van der Waals surface area contributed by atoms with Gasteiger partial charge < -0.3 is 10.2 Å². The minimum absolute atomic E-state index is 0.0321. The molecule has 0 bridgehead atoms. The summed E-state index contributed by atoms with van der Waals surface area (Å²) in [5, 5.41) is 17.5. The van der Waals surface area contributed by atoms with Crippen LogP contribution in [0, 0.1) is 10.1 Å². The van der Waals surface area contributed by atoms with E-state index in [0.29, 0.717) is 22.0 Å². The third kappa shape index (κ3) is 3.55. The van der Waals surface area contributed by atoms with Crippen LogP contribution in [0.4, 0.5) is 5.69 Å². The summed E-state index contributed by atoms with van der Waals surface area (Å²) >= 11 is 7.25. The van der Waals surface area contributed by atoms with E-state index in [1.807, 2.05) is 6.07 Å². The van der Waals surface area contributed by atoms with Crippen molar-refractivity contribution in [2.45, 2.75) is 19.1 Å². The molecule has 1 aliphatic heterocycles. The molecule has 24 heavy (non-hydrogen) atoms. The molecule has 2 heterocycles. The van der Waals surface area contributed by atoms with Crippen molar-refractivity contribution in [2.75, 3.05) is 0 Å². The number of hydrogen-bond donors (Lipinski definition) is 1. The number of carbonyl (C=O) groups excluding carboxylic acids is 1. The molecule has 1 amide bonds. The average molecular weight is 366 g/mol. The van der Waals surface area contributed by atoms with Crippen molar-refractivity contribution in [3.8, 4) is 0 Å². The maximum Gasteiger partial charge on any atom is 0.274 e. The number of oxime groups is 1. The molecule has 0 fully saturated rings. The topological polar surface area (TPSA) is 93.8 Å². The van der Waals surface area contributed by atoms with Crippen molar-refractivity contribution in [3.05, 3.63) is 61.3 Å². The van der Waals surface area contributed by atoms with Gasteiger partial charge in [-0.25, -0.2) is 0 Å². The van der Waals surface area contributed by atoms with Gasteiger partial charge in [0, 0.05) is 24.6 Å². The number of para-hydroxylation sites is 1. The Morgan fingerprint density at radius 2 is 2.21 bits per heavy atom. The molecule has 1 aliphatic rings. The molecule has 1 N–H and O–H groups in total. The number of nitro groups is 1. The molecule has 0 unspecified atom stereocenters. The van der Waals surface area contributed by atoms with E-state index in [1.165, 1.54) is 17.4 Å². The number of amides is 1. The standard InChI is InChI=1S/C15H12ClN3O4S/c16-14-6-5-13(24-14)10-7-12(23-18-10)15(20)17-8-9-3-1-2-4-11(9)19(21)22/h1-6,12H,7-8H2,(H,17,20)/t12-/m0/s1. The first-order valence-electron chi connectivity index (χ1n) is 7.03. The van der Waals surface area contributed by atoms with Crippen LogP contribution in [0.15, 0.2) is 41.6 Å². The number of halogens is 1. The van der Waals surface area contributed by atoms with Crippen LogP contribution < -0.4 is 5.32 Å². The monoisotopic (exact) mass is 365 g/mol. The van der Waals surface area contributed by atoms with Crippen molar-refractivity contribution in [2.24, 2.45) is 5.16 Å². The predicted molar refractivity (Wildman–Crippen MR) is 90.3 cm³/mol. The second-order valence-corrected chi connectivity index (χ2v) is 6.76. The highest BCUT2D eigenvalue weighted by Crippen LogP contribution is 2.26. The Hall–Kier alpha value is -2.45. The molecule has 1 aromatic heterocycles. The highest BCUT2D eigenvalue weighted by atomic mass is 35.5. The second kappa shape index (κ2) is 6.98. The van der Waals surface area contributed by atoms with Gasteiger partial charge in [0.05, 0.1) is 14.1 Å². The van der Waals surface area contributed by atoms with Gasteiger partial charge in [0.2, 0.25) is 6.10 Å². The van der Waals surface area contributed by atoms with Crippen molar-refractivity contribution in [1.82, 2.24) is 5.32 Å². The van der Waals surface area contributed by atoms with Gasteiger partial charge in [0.15, 0.2) is 0 Å². The number of thiophene rings is 1. The number of carbonyl (C=O) groups is 1. The number of nitrogens with zero attached hydrogens (tertiary/aromatic N) is 2. The summed E-state index contributed by atoms with van der Waals surface area (Å²) in [5.41, 5.74) is 1.06. The fourth-order valence-electron chi connectivity index (χ4n) is 2.27. The summed E-state index contributed by atoms with van der Waals surface area (Å²) in [6.07, 6.45) is -0.414. The highest BCUT2D eigenvalue weighted by Gasteiger charge is 2.29. The Morgan fingerprint density at radius 3 is 2.92 bits per heavy atom. The van der Waals surface area contributed by atoms with E-state index in [1.54, 1.807) is 24.3 Å². The third-order valence-electron chi connectivity index (χ3n) is 3.46. The lowest BCUT2D eigenvalue weighted by molar-refractivity contribution is -0.385. The Bertz CT molecular complexity index is 821. The van der Waals surface area contributed by atoms with Gasteiger partial charge >= 0.3 is 0 Å². The largest absolute Gasteiger partial charge is 0.382 e. The van der Waals surface area contributed by atoms with Gasteiger partial charge in [-0.15, -0.1) is 11.3 Å². The van der Waals surface area contributed by atoms with E-state index < -0.39 is 11.0 Å². The summed E-state index contributed by atoms with van der Waals surface area (Å²) in [5.74, 6) is -0.366. The Kier molecular flexibility index (Phi) is 4.77. The van der Waals surface area contributed by atoms with E-state index in [9.17, 15) is 14.9 Å². The first kappa shape index (κ1) is 16.4. The van der Waals surface area contributed by atoms with E-state index in [2.05, 4.69) is 10.5 Å². The van der Waals surface area contributed by atoms with E-state index in [0.717, 1.165) is 4.88 Å². The molecule has 7 nitrogen and oxygen atoms in total. The molecule has 0 spiro atoms. The fourth-order valence-corrected chi connectivity index (χ4v) is 3.30. The molecule has 0 radical (unpaired) electrons. The zero-order valence-electron chi connectivity index (χ0n) is 12.3. The molecule has 9 heteroatoms. The molecule has 0 saturated carbocycles. The van der Waals surface area contributed by atoms with E-state index in [4.69, 9.17) is 16.4 Å². The number of nitro benzene ring substituents is 1. The Labute approximate surface area is 146 Å². The van der Waals surface area contributed by atoms with E-state index in [-0.39, 0.29) is 18.1 Å². The summed E-state index contributed by atoms with van der Waals surface area (Å²) in [6, 6.07) is 9.84. The van der Waals surface area contributed by atoms with Crippen molar-refractivity contribution < 1.29 is 14.6 Å². The van der Waals surface area contributed by atoms with E-state index >= 15 is 0 Å². The normalized spacial score (nSPS) is 16.4. The minimum Gasteiger partial charge on any atom is -0.382 e. The SMILES string of the molecule is O=C(NCc1ccccc1[N+](=O)[O-])[C@@H]1CC(c2ccc(Cl)s2)=NO1. The highest BCUT2D eigenvalue weighted by molar-refractivity contribution is 7.18. The molecule has 1 aromatic carbocycles. The molecule has 3 rings (SSSR count). The number of nitrogens with one attached hydrogen (secondary N) is 1. The zero-order chi connectivity index (χ0) is 17.1. The molecule has 2 aromatic rings. The van der Waals surface area contributed by atoms with Crippen LogP contribution in [-0.4, -0.2) is 22.6 Å². The predicted octanol–water partition coefficient (Wildman–Crippen LogP) is 3.12. The molecule has 124 valence electrons. The van der Waals surface area contributed by atoms with Crippen molar-refractivity contribution in [1.29, 1.82) is 0 Å². The van der Waals surface area contributed by atoms with Gasteiger partial charge in [-0.3, -0.25) is 14.9 Å². The number of rotatable bonds is 5. The first-order valence-corrected chi connectivity index (χ1v) is 8.22. The molecular formula is C15H12ClN3O4S. The minimum atomic E-state index is -0.747. The fraction of sp³-hybridized carbons (Fsp3) is 0.200. The summed E-state index contributed by atoms with van der Waals surface area (Å²) in [6.45, 7) is 0.0516. The van der Waals surface area contributed by atoms with Gasteiger partial charge in [0.25, 0.3) is 11.6 Å². The quantitative estimate of drug-likeness (QED) is 0.650. The van der Waals surface area contributed by atoms with Gasteiger partial charge in [-0.05, 0) is 12.1 Å². The van der Waals surface area contributed by atoms with Crippen LogP contribution in [0.2, 0.25) is 4.34 Å². The lowest BCUT2D eigenvalue weighted by Gasteiger charge is -2.09. The van der Waals surface area contributed by atoms with Crippen LogP contribution in [0.25, 0.3) is 0 Å². The average Bonchev–Trinajstić information content (AvgIpc) is 3.21. The molecular weight excluding hydrogens is 354 g/mol. The zero-order valence-corrected chi connectivity index (χ0v) is 13.8. The van der Waals surface area contributed by atoms with Gasteiger partial charge in [-0.2, -0.15) is 0 Å². The number of hydrogen-bond acceptors (Lipinski definition) is 6. The Balaban J connectivity index is 1.58. The summed E-state index contributed by atoms with van der Waals surface area (Å²) in [4.78, 5) is 28.7. The second-order valence-electron chi connectivity index (χ2n) is 5.04. The molecule has 1 atom stereocenters. The maximum absolute atomic E-state index is 12.2. The van der Waals surface area contributed by atoms with Crippen LogP contribution >= 0.6 is 22.9 Å². The molecule has 0 saturated heterocycles. The summed E-state index contributed by atoms with van der Waals surface area (Å²) in [7, 11) is 0.